The minimum Gasteiger partial charge on any atom is -0.496 e. The molecule has 0 spiro atoms. The van der Waals surface area contributed by atoms with Crippen LogP contribution in [0.1, 0.15) is 78.4 Å². The van der Waals surface area contributed by atoms with Crippen LogP contribution in [0.2, 0.25) is 0 Å². The highest BCUT2D eigenvalue weighted by Gasteiger charge is 2.16. The zero-order chi connectivity index (χ0) is 59.9. The Morgan fingerprint density at radius 1 is 0.538 bits per heavy atom. The number of nitrogens with two attached hydrogens (primary N) is 1. The number of aliphatic carboxylic acids is 2. The fraction of sp³-hybridized carbons (Fsp3) is 0.222. The Morgan fingerprint density at radius 2 is 0.846 bits per heavy atom. The molecule has 0 fully saturated rings. The number of amides is 2. The van der Waals surface area contributed by atoms with Crippen LogP contribution < -0.4 is 30.0 Å². The number of methoxy groups -OCH3 is 8. The average molecular weight is 1220 g/mol. The Hall–Kier alpha value is -8.84. The second-order valence-electron chi connectivity index (χ2n) is 14.2. The van der Waals surface area contributed by atoms with Gasteiger partial charge in [-0.25, -0.2) is 28.8 Å². The van der Waals surface area contributed by atoms with Gasteiger partial charge in [-0.2, -0.15) is 0 Å². The van der Waals surface area contributed by atoms with Crippen molar-refractivity contribution in [2.75, 3.05) is 63.4 Å². The van der Waals surface area contributed by atoms with E-state index in [0.717, 1.165) is 15.7 Å². The van der Waals surface area contributed by atoms with Gasteiger partial charge in [-0.3, -0.25) is 19.2 Å². The Kier molecular flexibility index (Phi) is 37.0. The van der Waals surface area contributed by atoms with Gasteiger partial charge in [0.2, 0.25) is 17.1 Å². The third-order valence-electron chi connectivity index (χ3n) is 8.66. The monoisotopic (exact) mass is 1220 g/mol. The first-order chi connectivity index (χ1) is 36.8. The van der Waals surface area contributed by atoms with Gasteiger partial charge in [0, 0.05) is 41.7 Å². The number of nitrogens with one attached hydrogen (secondary N) is 1. The lowest BCUT2D eigenvalue weighted by Crippen LogP contribution is -2.23. The quantitative estimate of drug-likeness (QED) is 0.0250. The van der Waals surface area contributed by atoms with E-state index in [1.807, 2.05) is 6.07 Å². The number of benzene rings is 4. The molecule has 0 saturated heterocycles. The molecule has 0 aliphatic rings. The molecular weight excluding hydrogens is 1160 g/mol. The number of halogens is 2. The molecule has 24 heteroatoms. The molecule has 0 aliphatic heterocycles. The molecule has 22 nitrogen and oxygen atoms in total. The number of hydrogen-bond donors (Lipinski definition) is 4. The number of carboxylic acids is 2. The number of rotatable bonds is 18. The van der Waals surface area contributed by atoms with Crippen molar-refractivity contribution in [2.45, 2.75) is 20.3 Å². The summed E-state index contributed by atoms with van der Waals surface area (Å²) in [6, 6.07) is 19.8. The number of carbonyl (C=O) groups is 10. The highest BCUT2D eigenvalue weighted by atomic mass is 127. The SMILES string of the molecule is C=CC(=O)O.CC(N)=O.COC(=O)c1cc(/C=C/C(=O)Cl)ccc1OC.COC(=O)c1cc(/C=C/C(=O)NCCC(C)=O)ccc1OC.COC(=O)c1cc(/C=C/C(=O)O)ccc1OC.COC(=O)c1cc(I)ccc1OC. The molecule has 0 heterocycles. The van der Waals surface area contributed by atoms with Crippen LogP contribution in [0.5, 0.6) is 23.0 Å². The maximum atomic E-state index is 11.7. The van der Waals surface area contributed by atoms with E-state index in [2.05, 4.69) is 59.2 Å². The van der Waals surface area contributed by atoms with Crippen molar-refractivity contribution in [3.05, 3.63) is 146 Å². The van der Waals surface area contributed by atoms with Gasteiger partial charge in [0.25, 0.3) is 0 Å². The van der Waals surface area contributed by atoms with Gasteiger partial charge < -0.3 is 59.2 Å². The number of carboxylic acid groups (broad SMARTS) is 2. The third-order valence-corrected chi connectivity index (χ3v) is 9.45. The van der Waals surface area contributed by atoms with E-state index < -0.39 is 35.1 Å². The van der Waals surface area contributed by atoms with E-state index in [9.17, 15) is 47.9 Å². The van der Waals surface area contributed by atoms with Gasteiger partial charge in [0.05, 0.1) is 56.9 Å². The lowest BCUT2D eigenvalue weighted by atomic mass is 10.1. The van der Waals surface area contributed by atoms with Crippen molar-refractivity contribution in [1.29, 1.82) is 0 Å². The van der Waals surface area contributed by atoms with E-state index in [1.165, 1.54) is 101 Å². The van der Waals surface area contributed by atoms with E-state index in [4.69, 9.17) is 40.8 Å². The Morgan fingerprint density at radius 3 is 1.13 bits per heavy atom. The standard InChI is InChI=1S/C16H19NO5.C12H11ClO4.C12H12O5.C9H9IO3.C3H4O2.C2H5NO/c1-11(18)8-9-17-15(19)7-5-12-4-6-14(21-2)13(10-12)16(20)22-3;2*1-16-10-5-3-8(4-6-11(13)14)7-9(10)12(15)17-2;1-12-8-4-3-6(10)5-7(8)9(11)13-2;1-2-3(4)5;1-2(3)4/h4-7,10H,8-9H2,1-3H3,(H,17,19);3-7H,1-2H3;3-7H,1-2H3,(H,13,14);3-5H,1-2H3;2H,1H2,(H,4,5);1H3,(H2,3,4)/b7-5+;2*6-4+;;;. The topological polar surface area (TPSA) is 323 Å². The minimum atomic E-state index is -1.06. The van der Waals surface area contributed by atoms with Crippen LogP contribution in [0.3, 0.4) is 0 Å². The summed E-state index contributed by atoms with van der Waals surface area (Å²) in [6.07, 6.45) is 9.11. The van der Waals surface area contributed by atoms with Crippen LogP contribution in [0.25, 0.3) is 18.2 Å². The Bertz CT molecular complexity index is 2710. The number of hydrogen-bond acceptors (Lipinski definition) is 18. The molecule has 0 bridgehead atoms. The molecule has 0 unspecified atom stereocenters. The molecule has 4 rings (SSSR count). The van der Waals surface area contributed by atoms with Gasteiger partial charge in [-0.15, -0.1) is 0 Å². The van der Waals surface area contributed by atoms with Crippen molar-refractivity contribution in [3.8, 4) is 23.0 Å². The second kappa shape index (κ2) is 40.5. The molecule has 420 valence electrons. The number of allylic oxidation sites excluding steroid dienone is 1. The summed E-state index contributed by atoms with van der Waals surface area (Å²) in [5.74, 6) is -2.88. The predicted octanol–water partition coefficient (Wildman–Crippen LogP) is 7.27. The Labute approximate surface area is 468 Å². The van der Waals surface area contributed by atoms with Gasteiger partial charge in [0.15, 0.2) is 0 Å². The molecule has 4 aromatic carbocycles. The van der Waals surface area contributed by atoms with Crippen LogP contribution >= 0.6 is 34.2 Å². The minimum absolute atomic E-state index is 0.0159. The van der Waals surface area contributed by atoms with Gasteiger partial charge >= 0.3 is 35.8 Å². The van der Waals surface area contributed by atoms with E-state index in [-0.39, 0.29) is 34.7 Å². The van der Waals surface area contributed by atoms with Gasteiger partial charge in [0.1, 0.15) is 51.0 Å². The molecule has 0 radical (unpaired) electrons. The molecule has 0 aromatic heterocycles. The maximum absolute atomic E-state index is 11.7. The molecule has 0 saturated carbocycles. The first-order valence-electron chi connectivity index (χ1n) is 21.9. The van der Waals surface area contributed by atoms with Gasteiger partial charge in [-0.05, 0) is 131 Å². The number of Topliss-reactive ketones (excluding diaryl/α,β-unsaturated/α-hetero) is 1. The number of primary amides is 1. The van der Waals surface area contributed by atoms with E-state index in [1.54, 1.807) is 66.7 Å². The van der Waals surface area contributed by atoms with Crippen molar-refractivity contribution in [1.82, 2.24) is 5.32 Å². The molecule has 0 aliphatic carbocycles. The van der Waals surface area contributed by atoms with Crippen LogP contribution in [0.15, 0.2) is 104 Å². The molecule has 78 heavy (non-hydrogen) atoms. The fourth-order valence-corrected chi connectivity index (χ4v) is 5.72. The van der Waals surface area contributed by atoms with Crippen molar-refractivity contribution >= 4 is 111 Å². The van der Waals surface area contributed by atoms with Crippen LogP contribution in [0.4, 0.5) is 0 Å². The zero-order valence-electron chi connectivity index (χ0n) is 44.2. The summed E-state index contributed by atoms with van der Waals surface area (Å²) in [6.45, 7) is 6.03. The zero-order valence-corrected chi connectivity index (χ0v) is 47.1. The molecular formula is C54H60ClIN2O20. The summed E-state index contributed by atoms with van der Waals surface area (Å²) >= 11 is 7.30. The van der Waals surface area contributed by atoms with E-state index in [0.29, 0.717) is 63.8 Å². The van der Waals surface area contributed by atoms with Crippen molar-refractivity contribution in [3.63, 3.8) is 0 Å². The average Bonchev–Trinajstić information content (AvgIpc) is 3.42. The lowest BCUT2D eigenvalue weighted by molar-refractivity contribution is -0.132. The number of ether oxygens (including phenoxy) is 8. The second-order valence-corrected chi connectivity index (χ2v) is 15.8. The summed E-state index contributed by atoms with van der Waals surface area (Å²) in [5.41, 5.74) is 7.64. The lowest BCUT2D eigenvalue weighted by Gasteiger charge is -2.07. The van der Waals surface area contributed by atoms with Crippen LogP contribution in [-0.4, -0.2) is 132 Å². The Balaban J connectivity index is 0. The maximum Gasteiger partial charge on any atom is 0.341 e. The summed E-state index contributed by atoms with van der Waals surface area (Å²) < 4.78 is 39.6. The predicted molar refractivity (Wildman–Crippen MR) is 297 cm³/mol. The number of ketones is 1. The largest absolute Gasteiger partial charge is 0.496 e. The summed E-state index contributed by atoms with van der Waals surface area (Å²) in [7, 11) is 11.1. The molecule has 5 N–H and O–H groups in total. The molecule has 2 amide bonds. The third kappa shape index (κ3) is 30.5. The summed E-state index contributed by atoms with van der Waals surface area (Å²) in [4.78, 5) is 108. The highest BCUT2D eigenvalue weighted by molar-refractivity contribution is 14.1. The van der Waals surface area contributed by atoms with Crippen LogP contribution in [-0.2, 0) is 47.7 Å². The number of carbonyl (C=O) groups excluding carboxylic acids is 8. The molecule has 4 aromatic rings. The van der Waals surface area contributed by atoms with Crippen molar-refractivity contribution in [2.24, 2.45) is 5.73 Å². The summed E-state index contributed by atoms with van der Waals surface area (Å²) in [5, 5.41) is 18.1. The van der Waals surface area contributed by atoms with Gasteiger partial charge in [-0.1, -0.05) is 30.9 Å². The first kappa shape index (κ1) is 71.2. The highest BCUT2D eigenvalue weighted by Crippen LogP contribution is 2.24. The fourth-order valence-electron chi connectivity index (χ4n) is 5.17. The number of esters is 4. The van der Waals surface area contributed by atoms with Crippen molar-refractivity contribution < 1.29 is 96.1 Å². The molecule has 0 atom stereocenters. The van der Waals surface area contributed by atoms with E-state index >= 15 is 0 Å². The normalized spacial score (nSPS) is 9.69. The smallest absolute Gasteiger partial charge is 0.341 e. The van der Waals surface area contributed by atoms with Crippen LogP contribution in [0, 0.1) is 3.57 Å². The first-order valence-corrected chi connectivity index (χ1v) is 23.3.